The largest absolute Gasteiger partial charge is 0.396 e. The van der Waals surface area contributed by atoms with Gasteiger partial charge in [0.15, 0.2) is 0 Å². The molecule has 5 heteroatoms. The van der Waals surface area contributed by atoms with Crippen LogP contribution < -0.4 is 10.6 Å². The molecule has 3 rings (SSSR count). The number of benzene rings is 1. The Morgan fingerprint density at radius 3 is 3.14 bits per heavy atom. The fraction of sp³-hybridized carbons (Fsp3) is 0.438. The lowest BCUT2D eigenvalue weighted by atomic mass is 10.0. The Labute approximate surface area is 133 Å². The number of nitrogens with zero attached hydrogens (tertiary/aromatic N) is 2. The van der Waals surface area contributed by atoms with Gasteiger partial charge in [-0.3, -0.25) is 4.98 Å². The van der Waals surface area contributed by atoms with Crippen molar-refractivity contribution in [3.8, 4) is 0 Å². The lowest BCUT2D eigenvalue weighted by Crippen LogP contribution is -2.40. The fourth-order valence-electron chi connectivity index (χ4n) is 3.03. The van der Waals surface area contributed by atoms with Gasteiger partial charge in [-0.1, -0.05) is 15.9 Å². The predicted octanol–water partition coefficient (Wildman–Crippen LogP) is 3.58. The quantitative estimate of drug-likeness (QED) is 0.919. The third-order valence-electron chi connectivity index (χ3n) is 3.93. The molecular formula is C16H20BrN3O. The van der Waals surface area contributed by atoms with Crippen LogP contribution in [0.5, 0.6) is 0 Å². The second-order valence-corrected chi connectivity index (χ2v) is 6.30. The summed E-state index contributed by atoms with van der Waals surface area (Å²) < 4.78 is 6.85. The summed E-state index contributed by atoms with van der Waals surface area (Å²) in [6.07, 6.45) is 4.30. The minimum atomic E-state index is 0.290. The zero-order chi connectivity index (χ0) is 14.8. The molecule has 0 bridgehead atoms. The summed E-state index contributed by atoms with van der Waals surface area (Å²) in [5, 5.41) is 1.10. The summed E-state index contributed by atoms with van der Waals surface area (Å²) in [6.45, 7) is 4.71. The highest BCUT2D eigenvalue weighted by molar-refractivity contribution is 9.10. The van der Waals surface area contributed by atoms with Gasteiger partial charge in [0.2, 0.25) is 0 Å². The topological polar surface area (TPSA) is 51.4 Å². The molecule has 0 radical (unpaired) electrons. The van der Waals surface area contributed by atoms with Gasteiger partial charge in [-0.05, 0) is 38.0 Å². The van der Waals surface area contributed by atoms with Crippen LogP contribution in [0.25, 0.3) is 10.9 Å². The molecule has 0 spiro atoms. The van der Waals surface area contributed by atoms with Gasteiger partial charge in [-0.2, -0.15) is 0 Å². The highest BCUT2D eigenvalue weighted by atomic mass is 79.9. The third kappa shape index (κ3) is 2.99. The van der Waals surface area contributed by atoms with Gasteiger partial charge in [-0.15, -0.1) is 0 Å². The van der Waals surface area contributed by atoms with E-state index in [1.165, 1.54) is 0 Å². The Kier molecular flexibility index (Phi) is 4.31. The highest BCUT2D eigenvalue weighted by Crippen LogP contribution is 2.35. The molecule has 1 aliphatic heterocycles. The number of anilines is 2. The maximum absolute atomic E-state index is 6.23. The standard InChI is InChI=1S/C16H20BrN3O/c1-2-21-12-4-3-7-20(10-12)16-13-8-11(17)5-6-15(13)19-9-14(16)18/h5-6,8-9,12H,2-4,7,10,18H2,1H3. The van der Waals surface area contributed by atoms with Gasteiger partial charge < -0.3 is 15.4 Å². The zero-order valence-corrected chi connectivity index (χ0v) is 13.8. The number of halogens is 1. The van der Waals surface area contributed by atoms with Crippen molar-refractivity contribution in [2.75, 3.05) is 30.3 Å². The second-order valence-electron chi connectivity index (χ2n) is 5.39. The van der Waals surface area contributed by atoms with E-state index in [1.54, 1.807) is 6.20 Å². The van der Waals surface area contributed by atoms with Gasteiger partial charge >= 0.3 is 0 Å². The Bertz CT molecular complexity index is 639. The Morgan fingerprint density at radius 2 is 2.33 bits per heavy atom. The lowest BCUT2D eigenvalue weighted by Gasteiger charge is -2.35. The first kappa shape index (κ1) is 14.6. The van der Waals surface area contributed by atoms with Crippen LogP contribution >= 0.6 is 15.9 Å². The smallest absolute Gasteiger partial charge is 0.0750 e. The molecule has 1 saturated heterocycles. The Balaban J connectivity index is 2.02. The van der Waals surface area contributed by atoms with Crippen LogP contribution in [0.1, 0.15) is 19.8 Å². The minimum Gasteiger partial charge on any atom is -0.396 e. The van der Waals surface area contributed by atoms with E-state index < -0.39 is 0 Å². The number of fused-ring (bicyclic) bond motifs is 1. The molecule has 1 fully saturated rings. The molecule has 1 aromatic heterocycles. The molecular weight excluding hydrogens is 330 g/mol. The van der Waals surface area contributed by atoms with Gasteiger partial charge in [0.1, 0.15) is 0 Å². The lowest BCUT2D eigenvalue weighted by molar-refractivity contribution is 0.0527. The first-order valence-corrected chi connectivity index (χ1v) is 8.18. The summed E-state index contributed by atoms with van der Waals surface area (Å²) in [5.74, 6) is 0. The third-order valence-corrected chi connectivity index (χ3v) is 4.42. The molecule has 0 aliphatic carbocycles. The van der Waals surface area contributed by atoms with E-state index in [-0.39, 0.29) is 0 Å². The predicted molar refractivity (Wildman–Crippen MR) is 90.7 cm³/mol. The molecule has 0 amide bonds. The van der Waals surface area contributed by atoms with Gasteiger partial charge in [-0.25, -0.2) is 0 Å². The maximum atomic E-state index is 6.23. The average molecular weight is 350 g/mol. The molecule has 1 aromatic carbocycles. The summed E-state index contributed by atoms with van der Waals surface area (Å²) in [6, 6.07) is 6.12. The molecule has 2 heterocycles. The fourth-order valence-corrected chi connectivity index (χ4v) is 3.39. The Morgan fingerprint density at radius 1 is 1.48 bits per heavy atom. The molecule has 1 aliphatic rings. The molecule has 2 aromatic rings. The molecule has 2 N–H and O–H groups in total. The highest BCUT2D eigenvalue weighted by Gasteiger charge is 2.23. The van der Waals surface area contributed by atoms with Gasteiger partial charge in [0.25, 0.3) is 0 Å². The zero-order valence-electron chi connectivity index (χ0n) is 12.2. The number of hydrogen-bond donors (Lipinski definition) is 1. The van der Waals surface area contributed by atoms with E-state index in [1.807, 2.05) is 19.1 Å². The second kappa shape index (κ2) is 6.20. The van der Waals surface area contributed by atoms with E-state index in [9.17, 15) is 0 Å². The van der Waals surface area contributed by atoms with E-state index in [0.29, 0.717) is 6.10 Å². The first-order chi connectivity index (χ1) is 10.2. The van der Waals surface area contributed by atoms with Crippen molar-refractivity contribution in [2.24, 2.45) is 0 Å². The maximum Gasteiger partial charge on any atom is 0.0750 e. The molecule has 1 unspecified atom stereocenters. The number of piperidine rings is 1. The average Bonchev–Trinajstić information content (AvgIpc) is 2.47. The summed E-state index contributed by atoms with van der Waals surface area (Å²) in [5.41, 5.74) is 9.02. The van der Waals surface area contributed by atoms with Crippen LogP contribution in [0.3, 0.4) is 0 Å². The number of nitrogens with two attached hydrogens (primary N) is 1. The van der Waals surface area contributed by atoms with Crippen LogP contribution in [-0.2, 0) is 4.74 Å². The SMILES string of the molecule is CCOC1CCCN(c2c(N)cnc3ccc(Br)cc23)C1. The van der Waals surface area contributed by atoms with Crippen LogP contribution in [0.4, 0.5) is 11.4 Å². The molecule has 4 nitrogen and oxygen atoms in total. The van der Waals surface area contributed by atoms with Crippen LogP contribution in [-0.4, -0.2) is 30.8 Å². The van der Waals surface area contributed by atoms with E-state index in [0.717, 1.165) is 59.3 Å². The monoisotopic (exact) mass is 349 g/mol. The van der Waals surface area contributed by atoms with E-state index in [4.69, 9.17) is 10.5 Å². The normalized spacial score (nSPS) is 19.1. The number of hydrogen-bond acceptors (Lipinski definition) is 4. The number of pyridine rings is 1. The van der Waals surface area contributed by atoms with Crippen molar-refractivity contribution in [1.29, 1.82) is 0 Å². The van der Waals surface area contributed by atoms with Crippen molar-refractivity contribution in [2.45, 2.75) is 25.9 Å². The molecule has 0 saturated carbocycles. The Hall–Kier alpha value is -1.33. The van der Waals surface area contributed by atoms with Crippen LogP contribution in [0.2, 0.25) is 0 Å². The molecule has 21 heavy (non-hydrogen) atoms. The minimum absolute atomic E-state index is 0.290. The van der Waals surface area contributed by atoms with Crippen molar-refractivity contribution in [1.82, 2.24) is 4.98 Å². The summed E-state index contributed by atoms with van der Waals surface area (Å²) >= 11 is 3.54. The number of aromatic nitrogens is 1. The van der Waals surface area contributed by atoms with E-state index in [2.05, 4.69) is 31.9 Å². The first-order valence-electron chi connectivity index (χ1n) is 7.39. The number of nitrogen functional groups attached to an aromatic ring is 1. The van der Waals surface area contributed by atoms with Crippen LogP contribution in [0, 0.1) is 0 Å². The van der Waals surface area contributed by atoms with Crippen LogP contribution in [0.15, 0.2) is 28.9 Å². The summed E-state index contributed by atoms with van der Waals surface area (Å²) in [4.78, 5) is 6.77. The van der Waals surface area contributed by atoms with Gasteiger partial charge in [0.05, 0.1) is 29.2 Å². The van der Waals surface area contributed by atoms with Crippen molar-refractivity contribution in [3.05, 3.63) is 28.9 Å². The number of ether oxygens (including phenoxy) is 1. The molecule has 112 valence electrons. The van der Waals surface area contributed by atoms with E-state index >= 15 is 0 Å². The number of rotatable bonds is 3. The molecule has 1 atom stereocenters. The van der Waals surface area contributed by atoms with Crippen molar-refractivity contribution < 1.29 is 4.74 Å². The van der Waals surface area contributed by atoms with Crippen molar-refractivity contribution >= 4 is 38.2 Å². The van der Waals surface area contributed by atoms with Gasteiger partial charge in [0, 0.05) is 29.6 Å². The summed E-state index contributed by atoms with van der Waals surface area (Å²) in [7, 11) is 0. The van der Waals surface area contributed by atoms with Crippen molar-refractivity contribution in [3.63, 3.8) is 0 Å².